The van der Waals surface area contributed by atoms with E-state index in [2.05, 4.69) is 77.5 Å². The van der Waals surface area contributed by atoms with Crippen LogP contribution in [0.3, 0.4) is 0 Å². The van der Waals surface area contributed by atoms with Gasteiger partial charge in [-0.15, -0.1) is 0 Å². The summed E-state index contributed by atoms with van der Waals surface area (Å²) in [6.07, 6.45) is 18.5. The first-order valence-corrected chi connectivity index (χ1v) is 10.6. The van der Waals surface area contributed by atoms with E-state index in [1.54, 1.807) is 0 Å². The molecule has 0 saturated carbocycles. The topological polar surface area (TPSA) is 20.8 Å². The molecule has 3 nitrogen and oxygen atoms in total. The molecule has 2 rings (SSSR count). The molecular weight excluding hydrogens is 318 g/mol. The van der Waals surface area contributed by atoms with E-state index in [9.17, 15) is 0 Å². The fourth-order valence-electron chi connectivity index (χ4n) is 3.53. The highest BCUT2D eigenvalue weighted by Crippen LogP contribution is 2.09. The number of benzene rings is 1. The molecule has 144 valence electrons. The summed E-state index contributed by atoms with van der Waals surface area (Å²) in [5.74, 6) is 0. The molecule has 1 aromatic heterocycles. The van der Waals surface area contributed by atoms with Crippen molar-refractivity contribution in [2.45, 2.75) is 77.3 Å². The third-order valence-electron chi connectivity index (χ3n) is 5.04. The molecule has 0 bridgehead atoms. The number of hydrogen-bond donors (Lipinski definition) is 1. The highest BCUT2D eigenvalue weighted by Gasteiger charge is 2.13. The predicted molar refractivity (Wildman–Crippen MR) is 110 cm³/mol. The molecule has 1 aromatic carbocycles. The van der Waals surface area contributed by atoms with Crippen molar-refractivity contribution in [2.75, 3.05) is 6.54 Å². The molecule has 0 fully saturated rings. The number of nitrogens with one attached hydrogen (secondary N) is 1. The second kappa shape index (κ2) is 12.7. The van der Waals surface area contributed by atoms with Gasteiger partial charge in [0.15, 0.2) is 0 Å². The standard InChI is InChI=1S/C23H38N3/c1-3-4-5-6-7-8-9-13-16-24-23(19-22-14-11-10-12-15-22)20-26-18-17-25(2)21-26/h10-12,14-15,17-18,21,23-24H,3-9,13,16,19-20H2,1-2H3/q+1/t23-/m0/s1. The van der Waals surface area contributed by atoms with E-state index in [4.69, 9.17) is 0 Å². The average molecular weight is 357 g/mol. The van der Waals surface area contributed by atoms with Crippen molar-refractivity contribution < 1.29 is 4.57 Å². The van der Waals surface area contributed by atoms with E-state index in [0.717, 1.165) is 19.5 Å². The zero-order chi connectivity index (χ0) is 18.5. The third kappa shape index (κ3) is 8.66. The Morgan fingerprint density at radius 3 is 2.31 bits per heavy atom. The van der Waals surface area contributed by atoms with Gasteiger partial charge in [0.1, 0.15) is 18.9 Å². The SMILES string of the molecule is CCCCCCCCCCN[C@@H](Cc1ccccc1)Cn1cc[n+](C)c1. The number of rotatable bonds is 14. The molecule has 2 aromatic rings. The van der Waals surface area contributed by atoms with Gasteiger partial charge in [0.05, 0.1) is 7.05 Å². The highest BCUT2D eigenvalue weighted by molar-refractivity contribution is 5.15. The first-order chi connectivity index (χ1) is 12.8. The van der Waals surface area contributed by atoms with Crippen LogP contribution in [0.5, 0.6) is 0 Å². The Morgan fingerprint density at radius 2 is 1.65 bits per heavy atom. The number of hydrogen-bond acceptors (Lipinski definition) is 1. The van der Waals surface area contributed by atoms with Gasteiger partial charge in [0.2, 0.25) is 6.33 Å². The van der Waals surface area contributed by atoms with Crippen LogP contribution >= 0.6 is 0 Å². The molecule has 0 aliphatic heterocycles. The lowest BCUT2D eigenvalue weighted by Gasteiger charge is -2.17. The summed E-state index contributed by atoms with van der Waals surface area (Å²) in [6.45, 7) is 4.43. The largest absolute Gasteiger partial charge is 0.310 e. The fourth-order valence-corrected chi connectivity index (χ4v) is 3.53. The molecule has 0 spiro atoms. The first kappa shape index (κ1) is 20.7. The fraction of sp³-hybridized carbons (Fsp3) is 0.609. The van der Waals surface area contributed by atoms with Crippen molar-refractivity contribution in [3.05, 3.63) is 54.6 Å². The third-order valence-corrected chi connectivity index (χ3v) is 5.04. The van der Waals surface area contributed by atoms with Gasteiger partial charge in [-0.1, -0.05) is 82.2 Å². The van der Waals surface area contributed by atoms with Gasteiger partial charge in [-0.2, -0.15) is 0 Å². The molecule has 0 amide bonds. The lowest BCUT2D eigenvalue weighted by molar-refractivity contribution is -0.671. The molecule has 0 saturated heterocycles. The van der Waals surface area contributed by atoms with Crippen LogP contribution in [0.2, 0.25) is 0 Å². The van der Waals surface area contributed by atoms with Crippen LogP contribution in [0.15, 0.2) is 49.1 Å². The number of imidazole rings is 1. The van der Waals surface area contributed by atoms with E-state index in [-0.39, 0.29) is 0 Å². The minimum atomic E-state index is 0.481. The maximum Gasteiger partial charge on any atom is 0.243 e. The Hall–Kier alpha value is -1.61. The number of aromatic nitrogens is 2. The van der Waals surface area contributed by atoms with E-state index in [0.29, 0.717) is 6.04 Å². The Balaban J connectivity index is 1.70. The van der Waals surface area contributed by atoms with Gasteiger partial charge in [0, 0.05) is 6.04 Å². The second-order valence-electron chi connectivity index (χ2n) is 7.59. The lowest BCUT2D eigenvalue weighted by Crippen LogP contribution is -2.36. The number of aryl methyl sites for hydroxylation is 1. The van der Waals surface area contributed by atoms with Crippen LogP contribution in [0.25, 0.3) is 0 Å². The highest BCUT2D eigenvalue weighted by atomic mass is 15.1. The van der Waals surface area contributed by atoms with E-state index in [1.807, 2.05) is 0 Å². The molecule has 1 N–H and O–H groups in total. The summed E-state index contributed by atoms with van der Waals surface area (Å²) >= 11 is 0. The molecule has 3 heteroatoms. The first-order valence-electron chi connectivity index (χ1n) is 10.6. The predicted octanol–water partition coefficient (Wildman–Crippen LogP) is 4.65. The van der Waals surface area contributed by atoms with Crippen molar-refractivity contribution in [1.29, 1.82) is 0 Å². The molecule has 26 heavy (non-hydrogen) atoms. The van der Waals surface area contributed by atoms with Crippen LogP contribution < -0.4 is 9.88 Å². The summed E-state index contributed by atoms with van der Waals surface area (Å²) in [5.41, 5.74) is 1.41. The Bertz CT molecular complexity index is 576. The van der Waals surface area contributed by atoms with Crippen molar-refractivity contribution in [3.63, 3.8) is 0 Å². The summed E-state index contributed by atoms with van der Waals surface area (Å²) in [6, 6.07) is 11.3. The Labute approximate surface area is 160 Å². The monoisotopic (exact) mass is 356 g/mol. The van der Waals surface area contributed by atoms with Gasteiger partial charge < -0.3 is 5.32 Å². The van der Waals surface area contributed by atoms with E-state index in [1.165, 1.54) is 56.9 Å². The van der Waals surface area contributed by atoms with E-state index < -0.39 is 0 Å². The zero-order valence-corrected chi connectivity index (χ0v) is 16.9. The summed E-state index contributed by atoms with van der Waals surface area (Å²) in [5, 5.41) is 3.81. The van der Waals surface area contributed by atoms with Crippen LogP contribution in [-0.2, 0) is 20.0 Å². The Kier molecular flexibility index (Phi) is 10.1. The molecule has 0 aliphatic rings. The summed E-state index contributed by atoms with van der Waals surface area (Å²) in [4.78, 5) is 0. The average Bonchev–Trinajstić information content (AvgIpc) is 3.06. The van der Waals surface area contributed by atoms with Gasteiger partial charge in [0.25, 0.3) is 0 Å². The van der Waals surface area contributed by atoms with Crippen molar-refractivity contribution >= 4 is 0 Å². The van der Waals surface area contributed by atoms with Crippen molar-refractivity contribution in [2.24, 2.45) is 7.05 Å². The van der Waals surface area contributed by atoms with Gasteiger partial charge in [-0.3, -0.25) is 0 Å². The molecular formula is C23H38N3+. The minimum absolute atomic E-state index is 0.481. The zero-order valence-electron chi connectivity index (χ0n) is 16.9. The van der Waals surface area contributed by atoms with Crippen LogP contribution in [0.4, 0.5) is 0 Å². The van der Waals surface area contributed by atoms with Crippen molar-refractivity contribution in [3.8, 4) is 0 Å². The maximum atomic E-state index is 3.81. The number of nitrogens with zero attached hydrogens (tertiary/aromatic N) is 2. The molecule has 1 heterocycles. The maximum absolute atomic E-state index is 3.81. The minimum Gasteiger partial charge on any atom is -0.310 e. The van der Waals surface area contributed by atoms with E-state index >= 15 is 0 Å². The van der Waals surface area contributed by atoms with Crippen LogP contribution in [0.1, 0.15) is 63.9 Å². The smallest absolute Gasteiger partial charge is 0.243 e. The molecule has 1 atom stereocenters. The number of unbranched alkanes of at least 4 members (excludes halogenated alkanes) is 7. The van der Waals surface area contributed by atoms with Gasteiger partial charge >= 0.3 is 0 Å². The van der Waals surface area contributed by atoms with Crippen LogP contribution in [-0.4, -0.2) is 17.2 Å². The summed E-state index contributed by atoms with van der Waals surface area (Å²) in [7, 11) is 2.08. The molecule has 0 aliphatic carbocycles. The normalized spacial score (nSPS) is 12.4. The van der Waals surface area contributed by atoms with Gasteiger partial charge in [-0.25, -0.2) is 9.13 Å². The Morgan fingerprint density at radius 1 is 0.962 bits per heavy atom. The summed E-state index contributed by atoms with van der Waals surface area (Å²) < 4.78 is 4.40. The second-order valence-corrected chi connectivity index (χ2v) is 7.59. The molecule has 0 unspecified atom stereocenters. The lowest BCUT2D eigenvalue weighted by atomic mass is 10.1. The molecule has 0 radical (unpaired) electrons. The van der Waals surface area contributed by atoms with Gasteiger partial charge in [-0.05, 0) is 24.9 Å². The van der Waals surface area contributed by atoms with Crippen LogP contribution in [0, 0.1) is 0 Å². The quantitative estimate of drug-likeness (QED) is 0.386. The van der Waals surface area contributed by atoms with Crippen molar-refractivity contribution in [1.82, 2.24) is 9.88 Å².